The topological polar surface area (TPSA) is 92.8 Å². The van der Waals surface area contributed by atoms with Crippen LogP contribution in [0.15, 0.2) is 16.7 Å². The molecule has 0 aliphatic carbocycles. The second-order valence-corrected chi connectivity index (χ2v) is 3.89. The first kappa shape index (κ1) is 13.2. The number of benzene rings is 1. The molecule has 8 heteroatoms. The van der Waals surface area contributed by atoms with E-state index in [1.165, 1.54) is 7.11 Å². The van der Waals surface area contributed by atoms with Crippen LogP contribution in [0.5, 0.6) is 11.5 Å². The molecule has 2 rings (SSSR count). The molecule has 0 fully saturated rings. The highest BCUT2D eigenvalue weighted by Gasteiger charge is 2.24. The average molecular weight is 288 g/mol. The molecule has 0 radical (unpaired) electrons. The van der Waals surface area contributed by atoms with Crippen LogP contribution in [0.2, 0.25) is 5.02 Å². The van der Waals surface area contributed by atoms with Crippen LogP contribution in [-0.2, 0) is 0 Å². The first-order valence-electron chi connectivity index (χ1n) is 4.91. The molecule has 1 aromatic carbocycles. The third kappa shape index (κ3) is 2.19. The van der Waals surface area contributed by atoms with E-state index in [2.05, 4.69) is 5.16 Å². The number of nitrogens with zero attached hydrogens (tertiary/aromatic N) is 1. The fourth-order valence-electron chi connectivity index (χ4n) is 1.52. The van der Waals surface area contributed by atoms with Crippen molar-refractivity contribution in [3.63, 3.8) is 0 Å². The molecule has 0 saturated carbocycles. The van der Waals surface area contributed by atoms with E-state index < -0.39 is 23.2 Å². The Morgan fingerprint density at radius 2 is 2.21 bits per heavy atom. The minimum absolute atomic E-state index is 0.218. The summed E-state index contributed by atoms with van der Waals surface area (Å²) in [4.78, 5) is 10.7. The highest BCUT2D eigenvalue weighted by Crippen LogP contribution is 2.42. The molecule has 0 amide bonds. The third-order valence-corrected chi connectivity index (χ3v) is 2.61. The monoisotopic (exact) mass is 287 g/mol. The van der Waals surface area contributed by atoms with Crippen molar-refractivity contribution in [2.75, 3.05) is 7.11 Å². The molecule has 1 aromatic heterocycles. The van der Waals surface area contributed by atoms with Gasteiger partial charge < -0.3 is 19.5 Å². The van der Waals surface area contributed by atoms with Gasteiger partial charge in [-0.25, -0.2) is 9.18 Å². The molecule has 19 heavy (non-hydrogen) atoms. The maximum absolute atomic E-state index is 14.0. The Morgan fingerprint density at radius 3 is 2.74 bits per heavy atom. The Morgan fingerprint density at radius 1 is 1.53 bits per heavy atom. The van der Waals surface area contributed by atoms with Gasteiger partial charge in [-0.3, -0.25) is 0 Å². The summed E-state index contributed by atoms with van der Waals surface area (Å²) in [6, 6.07) is 1.97. The fourth-order valence-corrected chi connectivity index (χ4v) is 1.71. The molecule has 0 atom stereocenters. The second-order valence-electron chi connectivity index (χ2n) is 3.48. The quantitative estimate of drug-likeness (QED) is 0.901. The lowest BCUT2D eigenvalue weighted by Gasteiger charge is -2.09. The van der Waals surface area contributed by atoms with Crippen LogP contribution in [0.4, 0.5) is 4.39 Å². The molecule has 0 spiro atoms. The smallest absolute Gasteiger partial charge is 0.358 e. The van der Waals surface area contributed by atoms with E-state index in [0.29, 0.717) is 0 Å². The molecule has 6 nitrogen and oxygen atoms in total. The Labute approximate surface area is 111 Å². The van der Waals surface area contributed by atoms with Crippen molar-refractivity contribution >= 4 is 17.6 Å². The van der Waals surface area contributed by atoms with Gasteiger partial charge in [-0.1, -0.05) is 16.8 Å². The summed E-state index contributed by atoms with van der Waals surface area (Å²) in [6.07, 6.45) is 0. The maximum Gasteiger partial charge on any atom is 0.358 e. The van der Waals surface area contributed by atoms with Crippen LogP contribution in [0, 0.1) is 5.82 Å². The predicted octanol–water partition coefficient (Wildman–Crippen LogP) is 2.55. The van der Waals surface area contributed by atoms with E-state index in [-0.39, 0.29) is 22.1 Å². The zero-order valence-electron chi connectivity index (χ0n) is 9.48. The lowest BCUT2D eigenvalue weighted by Crippen LogP contribution is -1.95. The second kappa shape index (κ2) is 4.77. The number of carboxylic acids is 1. The zero-order valence-corrected chi connectivity index (χ0v) is 10.2. The SMILES string of the molecule is COc1c(O)cc(Cl)c(F)c1-c1cc(C(=O)O)no1. The number of carbonyl (C=O) groups is 1. The summed E-state index contributed by atoms with van der Waals surface area (Å²) >= 11 is 5.60. The van der Waals surface area contributed by atoms with Crippen molar-refractivity contribution in [2.24, 2.45) is 0 Å². The average Bonchev–Trinajstić information content (AvgIpc) is 2.82. The van der Waals surface area contributed by atoms with Gasteiger partial charge in [0.15, 0.2) is 28.8 Å². The van der Waals surface area contributed by atoms with Crippen molar-refractivity contribution < 1.29 is 28.7 Å². The molecule has 0 bridgehead atoms. The molecular weight excluding hydrogens is 281 g/mol. The first-order chi connectivity index (χ1) is 8.95. The molecule has 0 aliphatic heterocycles. The van der Waals surface area contributed by atoms with Gasteiger partial charge in [0.25, 0.3) is 0 Å². The Balaban J connectivity index is 2.69. The van der Waals surface area contributed by atoms with Crippen molar-refractivity contribution in [3.8, 4) is 22.8 Å². The van der Waals surface area contributed by atoms with Crippen molar-refractivity contribution in [3.05, 3.63) is 28.7 Å². The summed E-state index contributed by atoms with van der Waals surface area (Å²) in [7, 11) is 1.21. The summed E-state index contributed by atoms with van der Waals surface area (Å²) in [5, 5.41) is 21.2. The fraction of sp³-hybridized carbons (Fsp3) is 0.0909. The van der Waals surface area contributed by atoms with Gasteiger partial charge in [-0.15, -0.1) is 0 Å². The molecule has 2 aromatic rings. The Kier molecular flexibility index (Phi) is 3.30. The Bertz CT molecular complexity index is 655. The number of hydrogen-bond acceptors (Lipinski definition) is 5. The number of phenolic OH excluding ortho intramolecular Hbond substituents is 1. The number of aromatic carboxylic acids is 1. The van der Waals surface area contributed by atoms with Crippen LogP contribution in [0.25, 0.3) is 11.3 Å². The van der Waals surface area contributed by atoms with Gasteiger partial charge in [0, 0.05) is 12.1 Å². The van der Waals surface area contributed by atoms with Gasteiger partial charge in [0.1, 0.15) is 5.56 Å². The summed E-state index contributed by atoms with van der Waals surface area (Å²) in [5.41, 5.74) is -0.705. The minimum Gasteiger partial charge on any atom is -0.504 e. The van der Waals surface area contributed by atoms with Gasteiger partial charge in [0.2, 0.25) is 0 Å². The Hall–Kier alpha value is -2.28. The van der Waals surface area contributed by atoms with Crippen molar-refractivity contribution in [1.29, 1.82) is 0 Å². The number of aromatic hydroxyl groups is 1. The number of halogens is 2. The first-order valence-corrected chi connectivity index (χ1v) is 5.28. The van der Waals surface area contributed by atoms with Gasteiger partial charge >= 0.3 is 5.97 Å². The van der Waals surface area contributed by atoms with E-state index in [9.17, 15) is 14.3 Å². The molecule has 2 N–H and O–H groups in total. The normalized spacial score (nSPS) is 10.5. The number of phenols is 1. The number of carboxylic acid groups (broad SMARTS) is 1. The third-order valence-electron chi connectivity index (χ3n) is 2.33. The standard InChI is InChI=1S/C11H7ClFNO5/c1-18-10-6(15)2-4(12)9(13)8(10)7-3-5(11(16)17)14-19-7/h2-3,15H,1H3,(H,16,17). The largest absolute Gasteiger partial charge is 0.504 e. The summed E-state index contributed by atoms with van der Waals surface area (Å²) in [6.45, 7) is 0. The molecule has 0 aliphatic rings. The number of ether oxygens (including phenoxy) is 1. The highest BCUT2D eigenvalue weighted by molar-refractivity contribution is 6.31. The van der Waals surface area contributed by atoms with Crippen LogP contribution in [0.3, 0.4) is 0 Å². The highest BCUT2D eigenvalue weighted by atomic mass is 35.5. The van der Waals surface area contributed by atoms with E-state index in [0.717, 1.165) is 12.1 Å². The molecule has 0 saturated heterocycles. The number of methoxy groups -OCH3 is 1. The van der Waals surface area contributed by atoms with Crippen LogP contribution in [-0.4, -0.2) is 28.4 Å². The van der Waals surface area contributed by atoms with E-state index in [4.69, 9.17) is 26.0 Å². The maximum atomic E-state index is 14.0. The van der Waals surface area contributed by atoms with Crippen LogP contribution in [0.1, 0.15) is 10.5 Å². The number of hydrogen-bond donors (Lipinski definition) is 2. The predicted molar refractivity (Wildman–Crippen MR) is 62.1 cm³/mol. The zero-order chi connectivity index (χ0) is 14.2. The van der Waals surface area contributed by atoms with Crippen LogP contribution < -0.4 is 4.74 Å². The van der Waals surface area contributed by atoms with Gasteiger partial charge in [-0.05, 0) is 0 Å². The number of aromatic nitrogens is 1. The minimum atomic E-state index is -1.33. The molecule has 0 unspecified atom stereocenters. The number of rotatable bonds is 3. The van der Waals surface area contributed by atoms with E-state index >= 15 is 0 Å². The van der Waals surface area contributed by atoms with Crippen molar-refractivity contribution in [1.82, 2.24) is 5.16 Å². The van der Waals surface area contributed by atoms with Crippen LogP contribution >= 0.6 is 11.6 Å². The summed E-state index contributed by atoms with van der Waals surface area (Å²) in [5.74, 6) is -3.10. The van der Waals surface area contributed by atoms with E-state index in [1.807, 2.05) is 0 Å². The van der Waals surface area contributed by atoms with Crippen molar-refractivity contribution in [2.45, 2.75) is 0 Å². The lowest BCUT2D eigenvalue weighted by molar-refractivity contribution is 0.0686. The lowest BCUT2D eigenvalue weighted by atomic mass is 10.1. The molecule has 100 valence electrons. The molecular formula is C11H7ClFNO5. The van der Waals surface area contributed by atoms with Gasteiger partial charge in [0.05, 0.1) is 12.1 Å². The molecule has 1 heterocycles. The summed E-state index contributed by atoms with van der Waals surface area (Å²) < 4.78 is 23.5. The van der Waals surface area contributed by atoms with Gasteiger partial charge in [-0.2, -0.15) is 0 Å². The van der Waals surface area contributed by atoms with E-state index in [1.54, 1.807) is 0 Å².